The number of phenolic OH excluding ortho intramolecular Hbond substituents is 3. The van der Waals surface area contributed by atoms with E-state index in [0.29, 0.717) is 34.1 Å². The number of nitrogens with two attached hydrogens (primary N) is 2. The number of phenols is 3. The van der Waals surface area contributed by atoms with Crippen molar-refractivity contribution in [2.24, 2.45) is 29.2 Å². The van der Waals surface area contributed by atoms with E-state index in [1.54, 1.807) is 52.2 Å². The molecule has 0 radical (unpaired) electrons. The van der Waals surface area contributed by atoms with Gasteiger partial charge in [0.15, 0.2) is 22.8 Å². The Hall–Kier alpha value is -6.40. The SMILES string of the molecule is CC(=O)C1=C(O)[C@H](N)[C@@H]2Cc3c(c(O)c4c(O)c(C)ccc4c3C)C(=O)[C@]2(O)C1=O.CN(C)[C@@H]1C(O)=C(C(N)=O)C(=O)[C@@]2(O)C(O)=C3C(=O)c4c(O)cccc4C[C@H]3C[C@@H]12. The number of hydrogen-bond acceptors (Lipinski definition) is 16. The zero-order chi connectivity index (χ0) is 44.4. The van der Waals surface area contributed by atoms with Crippen molar-refractivity contribution in [2.45, 2.75) is 63.3 Å². The van der Waals surface area contributed by atoms with Crippen LogP contribution in [-0.4, -0.2) is 118 Å². The summed E-state index contributed by atoms with van der Waals surface area (Å²) in [5, 5.41) is 86.8. The van der Waals surface area contributed by atoms with Crippen LogP contribution in [0.25, 0.3) is 10.8 Å². The number of aromatic hydroxyl groups is 3. The fourth-order valence-corrected chi connectivity index (χ4v) is 9.94. The van der Waals surface area contributed by atoms with Crippen LogP contribution >= 0.6 is 0 Å². The summed E-state index contributed by atoms with van der Waals surface area (Å²) < 4.78 is 0. The minimum absolute atomic E-state index is 0.0123. The molecule has 0 aliphatic heterocycles. The lowest BCUT2D eigenvalue weighted by Gasteiger charge is -2.50. The highest BCUT2D eigenvalue weighted by molar-refractivity contribution is 6.33. The third-order valence-corrected chi connectivity index (χ3v) is 12.9. The second-order valence-corrected chi connectivity index (χ2v) is 16.3. The fraction of sp³-hybridized carbons (Fsp3) is 0.349. The van der Waals surface area contributed by atoms with Gasteiger partial charge in [-0.25, -0.2) is 0 Å². The number of rotatable bonds is 3. The first kappa shape index (κ1) is 41.7. The van der Waals surface area contributed by atoms with Gasteiger partial charge in [0, 0.05) is 17.4 Å². The minimum atomic E-state index is -2.71. The van der Waals surface area contributed by atoms with E-state index in [1.807, 2.05) is 0 Å². The van der Waals surface area contributed by atoms with Gasteiger partial charge in [0.1, 0.15) is 45.7 Å². The lowest BCUT2D eigenvalue weighted by Crippen LogP contribution is -2.65. The molecule has 0 unspecified atom stereocenters. The van der Waals surface area contributed by atoms with Gasteiger partial charge in [-0.3, -0.25) is 33.7 Å². The van der Waals surface area contributed by atoms with Crippen LogP contribution in [0.5, 0.6) is 17.2 Å². The number of allylic oxidation sites excluding steroid dienone is 1. The Kier molecular flexibility index (Phi) is 9.63. The van der Waals surface area contributed by atoms with Crippen LogP contribution in [0.3, 0.4) is 0 Å². The number of ketones is 5. The maximum absolute atomic E-state index is 13.4. The number of benzene rings is 3. The molecule has 0 spiro atoms. The largest absolute Gasteiger partial charge is 0.510 e. The van der Waals surface area contributed by atoms with Crippen LogP contribution in [0.15, 0.2) is 64.3 Å². The van der Waals surface area contributed by atoms with Crippen molar-refractivity contribution in [2.75, 3.05) is 14.1 Å². The molecule has 0 saturated heterocycles. The topological polar surface area (TPSA) is 320 Å². The Bertz CT molecular complexity index is 2660. The molecule has 314 valence electrons. The van der Waals surface area contributed by atoms with E-state index in [9.17, 15) is 69.6 Å². The summed E-state index contributed by atoms with van der Waals surface area (Å²) in [5.74, 6) is -12.2. The van der Waals surface area contributed by atoms with Gasteiger partial charge < -0.3 is 52.3 Å². The number of aliphatic hydroxyl groups excluding tert-OH is 3. The van der Waals surface area contributed by atoms with E-state index in [0.717, 1.165) is 6.92 Å². The number of nitrogens with zero attached hydrogens (tertiary/aromatic N) is 1. The first-order chi connectivity index (χ1) is 28.0. The summed E-state index contributed by atoms with van der Waals surface area (Å²) in [4.78, 5) is 77.9. The van der Waals surface area contributed by atoms with Crippen LogP contribution in [0, 0.1) is 31.6 Å². The molecule has 5 aliphatic carbocycles. The minimum Gasteiger partial charge on any atom is -0.510 e. The van der Waals surface area contributed by atoms with Crippen molar-refractivity contribution in [1.29, 1.82) is 0 Å². The van der Waals surface area contributed by atoms with E-state index in [4.69, 9.17) is 11.5 Å². The molecule has 0 heterocycles. The molecule has 12 N–H and O–H groups in total. The highest BCUT2D eigenvalue weighted by Crippen LogP contribution is 2.53. The van der Waals surface area contributed by atoms with Gasteiger partial charge in [0.2, 0.25) is 17.3 Å². The van der Waals surface area contributed by atoms with Crippen molar-refractivity contribution in [3.63, 3.8) is 0 Å². The van der Waals surface area contributed by atoms with Crippen molar-refractivity contribution in [1.82, 2.24) is 4.90 Å². The number of carbonyl (C=O) groups is 6. The van der Waals surface area contributed by atoms with Gasteiger partial charge in [0.05, 0.1) is 28.6 Å². The molecule has 5 aliphatic rings. The van der Waals surface area contributed by atoms with Gasteiger partial charge in [-0.1, -0.05) is 24.3 Å². The number of aryl methyl sites for hydroxylation is 2. The average Bonchev–Trinajstić information content (AvgIpc) is 3.16. The van der Waals surface area contributed by atoms with Gasteiger partial charge in [-0.05, 0) is 93.8 Å². The first-order valence-corrected chi connectivity index (χ1v) is 18.9. The van der Waals surface area contributed by atoms with Crippen LogP contribution in [-0.2, 0) is 32.0 Å². The number of amides is 1. The molecule has 0 bridgehead atoms. The molecular formula is C43H43N3O14. The summed E-state index contributed by atoms with van der Waals surface area (Å²) in [5.41, 5.74) is 6.05. The Balaban J connectivity index is 0.000000181. The molecule has 0 fully saturated rings. The van der Waals surface area contributed by atoms with Gasteiger partial charge >= 0.3 is 0 Å². The molecule has 0 saturated carbocycles. The fourth-order valence-electron chi connectivity index (χ4n) is 9.94. The zero-order valence-corrected chi connectivity index (χ0v) is 33.0. The zero-order valence-electron chi connectivity index (χ0n) is 33.0. The smallest absolute Gasteiger partial charge is 0.255 e. The van der Waals surface area contributed by atoms with Gasteiger partial charge in [-0.2, -0.15) is 0 Å². The van der Waals surface area contributed by atoms with Crippen molar-refractivity contribution >= 4 is 45.6 Å². The predicted octanol–water partition coefficient (Wildman–Crippen LogP) is 1.39. The molecule has 7 atom stereocenters. The summed E-state index contributed by atoms with van der Waals surface area (Å²) >= 11 is 0. The third kappa shape index (κ3) is 5.39. The number of carbonyl (C=O) groups excluding carboxylic acids is 6. The molecule has 60 heavy (non-hydrogen) atoms. The maximum Gasteiger partial charge on any atom is 0.255 e. The highest BCUT2D eigenvalue weighted by atomic mass is 16.4. The number of primary amides is 1. The second-order valence-electron chi connectivity index (χ2n) is 16.3. The average molecular weight is 826 g/mol. The standard InChI is InChI=1S/C22H21NO7.C21H22N2O7/c1-7-4-5-10-8(2)11-6-12-16(23)19(27)13(9(3)24)20(28)22(12,30)21(29)15(11)18(26)14(10)17(7)25;1-23(2)15-10-7-9-6-8-4-3-5-11(24)12(8)16(25)13(9)18(27)21(10,30)19(28)14(17(15)26)20(22)29/h4-5,12,16,25-27,30H,6,23H2,1-3H3;3-5,9-10,15,24,26-27,30H,6-7H2,1-2H3,(H2,22,29)/t12-,16+,22+;9-,10-,15-,21-/m00/s1. The molecule has 8 rings (SSSR count). The maximum atomic E-state index is 13.4. The summed E-state index contributed by atoms with van der Waals surface area (Å²) in [7, 11) is 3.18. The predicted molar refractivity (Wildman–Crippen MR) is 210 cm³/mol. The van der Waals surface area contributed by atoms with E-state index >= 15 is 0 Å². The van der Waals surface area contributed by atoms with E-state index in [-0.39, 0.29) is 46.4 Å². The Morgan fingerprint density at radius 3 is 2.02 bits per heavy atom. The normalized spacial score (nSPS) is 28.4. The van der Waals surface area contributed by atoms with Crippen LogP contribution in [0.4, 0.5) is 0 Å². The van der Waals surface area contributed by atoms with E-state index in [2.05, 4.69) is 0 Å². The highest BCUT2D eigenvalue weighted by Gasteiger charge is 2.64. The molecule has 1 amide bonds. The number of fused-ring (bicyclic) bond motifs is 6. The van der Waals surface area contributed by atoms with E-state index in [1.165, 1.54) is 11.0 Å². The molecule has 0 aromatic heterocycles. The summed E-state index contributed by atoms with van der Waals surface area (Å²) in [6.07, 6.45) is 0.286. The van der Waals surface area contributed by atoms with Crippen molar-refractivity contribution in [3.8, 4) is 17.2 Å². The number of likely N-dealkylation sites (N-methyl/N-ethyl adjacent to an activating group) is 1. The molecule has 3 aromatic rings. The van der Waals surface area contributed by atoms with E-state index < -0.39 is 110 Å². The van der Waals surface area contributed by atoms with Gasteiger partial charge in [-0.15, -0.1) is 0 Å². The summed E-state index contributed by atoms with van der Waals surface area (Å²) in [6, 6.07) is 5.69. The number of aliphatic hydroxyl groups is 5. The van der Waals surface area contributed by atoms with Crippen LogP contribution < -0.4 is 11.5 Å². The Labute approximate surface area is 341 Å². The van der Waals surface area contributed by atoms with Crippen LogP contribution in [0.2, 0.25) is 0 Å². The lowest BCUT2D eigenvalue weighted by atomic mass is 9.58. The number of Topliss-reactive ketones (excluding diaryl/α,β-unsaturated/α-hetero) is 5. The Morgan fingerprint density at radius 1 is 0.783 bits per heavy atom. The van der Waals surface area contributed by atoms with Crippen molar-refractivity contribution in [3.05, 3.63) is 97.7 Å². The molecule has 3 aromatic carbocycles. The molecular weight excluding hydrogens is 782 g/mol. The first-order valence-electron chi connectivity index (χ1n) is 18.9. The molecule has 17 heteroatoms. The quantitative estimate of drug-likeness (QED) is 0.132. The Morgan fingerprint density at radius 2 is 1.42 bits per heavy atom. The summed E-state index contributed by atoms with van der Waals surface area (Å²) in [6.45, 7) is 4.35. The third-order valence-electron chi connectivity index (χ3n) is 12.9. The van der Waals surface area contributed by atoms with Crippen molar-refractivity contribution < 1.29 is 69.6 Å². The monoisotopic (exact) mass is 825 g/mol. The van der Waals surface area contributed by atoms with Gasteiger partial charge in [0.25, 0.3) is 5.91 Å². The second kappa shape index (κ2) is 13.8. The lowest BCUT2D eigenvalue weighted by molar-refractivity contribution is -0.148. The van der Waals surface area contributed by atoms with Crippen LogP contribution in [0.1, 0.15) is 56.3 Å². The molecule has 17 nitrogen and oxygen atoms in total. The number of hydrogen-bond donors (Lipinski definition) is 10.